The summed E-state index contributed by atoms with van der Waals surface area (Å²) in [7, 11) is 1.22. The van der Waals surface area contributed by atoms with Crippen LogP contribution < -0.4 is 5.73 Å². The standard InChI is InChI=1S/C20H27N3O5/c1-12(2)18(22)19(25)23(20(26)28-13(3)4)16(10-17(24)27-5)15-8-6-14(11-21)7-9-15/h6-9,12-13,16,18H,10,22H2,1-5H3/t16?,18-/m0/s1. The summed E-state index contributed by atoms with van der Waals surface area (Å²) in [5, 5.41) is 8.99. The van der Waals surface area contributed by atoms with Crippen LogP contribution in [0.4, 0.5) is 4.79 Å². The van der Waals surface area contributed by atoms with Gasteiger partial charge in [-0.15, -0.1) is 0 Å². The Kier molecular flexibility index (Phi) is 8.61. The maximum Gasteiger partial charge on any atom is 0.417 e. The second kappa shape index (κ2) is 10.4. The lowest BCUT2D eigenvalue weighted by Crippen LogP contribution is -2.51. The molecule has 0 fully saturated rings. The van der Waals surface area contributed by atoms with Gasteiger partial charge in [0.2, 0.25) is 5.91 Å². The third-order valence-electron chi connectivity index (χ3n) is 4.10. The van der Waals surface area contributed by atoms with E-state index in [9.17, 15) is 14.4 Å². The lowest BCUT2D eigenvalue weighted by Gasteiger charge is -2.32. The van der Waals surface area contributed by atoms with Gasteiger partial charge in [-0.05, 0) is 37.5 Å². The minimum Gasteiger partial charge on any atom is -0.469 e. The molecular formula is C20H27N3O5. The Morgan fingerprint density at radius 3 is 2.14 bits per heavy atom. The Labute approximate surface area is 165 Å². The van der Waals surface area contributed by atoms with Crippen LogP contribution in [-0.2, 0) is 19.1 Å². The van der Waals surface area contributed by atoms with Gasteiger partial charge in [0.05, 0.1) is 43.4 Å². The quantitative estimate of drug-likeness (QED) is 0.711. The summed E-state index contributed by atoms with van der Waals surface area (Å²) in [4.78, 5) is 38.6. The summed E-state index contributed by atoms with van der Waals surface area (Å²) in [5.74, 6) is -1.50. The van der Waals surface area contributed by atoms with Crippen molar-refractivity contribution in [2.24, 2.45) is 11.7 Å². The molecule has 1 rings (SSSR count). The lowest BCUT2D eigenvalue weighted by molar-refractivity contribution is -0.143. The van der Waals surface area contributed by atoms with E-state index in [4.69, 9.17) is 20.5 Å². The number of nitriles is 1. The summed E-state index contributed by atoms with van der Waals surface area (Å²) >= 11 is 0. The van der Waals surface area contributed by atoms with E-state index in [1.54, 1.807) is 52.0 Å². The highest BCUT2D eigenvalue weighted by atomic mass is 16.6. The highest BCUT2D eigenvalue weighted by Crippen LogP contribution is 2.28. The van der Waals surface area contributed by atoms with Crippen molar-refractivity contribution in [3.8, 4) is 6.07 Å². The zero-order valence-corrected chi connectivity index (χ0v) is 16.8. The molecule has 2 atom stereocenters. The van der Waals surface area contributed by atoms with Crippen LogP contribution in [0.25, 0.3) is 0 Å². The molecule has 0 aliphatic carbocycles. The molecule has 8 nitrogen and oxygen atoms in total. The number of ether oxygens (including phenoxy) is 2. The fourth-order valence-corrected chi connectivity index (χ4v) is 2.45. The van der Waals surface area contributed by atoms with E-state index in [-0.39, 0.29) is 12.3 Å². The number of imide groups is 1. The number of nitrogens with two attached hydrogens (primary N) is 1. The number of hydrogen-bond acceptors (Lipinski definition) is 7. The minimum atomic E-state index is -0.983. The number of rotatable bonds is 7. The van der Waals surface area contributed by atoms with E-state index in [0.717, 1.165) is 4.90 Å². The van der Waals surface area contributed by atoms with Crippen molar-refractivity contribution < 1.29 is 23.9 Å². The molecule has 0 aliphatic heterocycles. The Balaban J connectivity index is 3.45. The van der Waals surface area contributed by atoms with Crippen LogP contribution in [0.3, 0.4) is 0 Å². The van der Waals surface area contributed by atoms with Crippen LogP contribution in [0.5, 0.6) is 0 Å². The molecule has 152 valence electrons. The Morgan fingerprint density at radius 1 is 1.14 bits per heavy atom. The van der Waals surface area contributed by atoms with Crippen LogP contribution in [0, 0.1) is 17.2 Å². The number of carbonyl (C=O) groups is 3. The predicted octanol–water partition coefficient (Wildman–Crippen LogP) is 2.52. The summed E-state index contributed by atoms with van der Waals surface area (Å²) in [6, 6.07) is 6.29. The van der Waals surface area contributed by atoms with Gasteiger partial charge in [-0.2, -0.15) is 5.26 Å². The van der Waals surface area contributed by atoms with Crippen molar-refractivity contribution in [3.63, 3.8) is 0 Å². The van der Waals surface area contributed by atoms with Gasteiger partial charge < -0.3 is 15.2 Å². The zero-order chi connectivity index (χ0) is 21.4. The molecule has 0 aromatic heterocycles. The highest BCUT2D eigenvalue weighted by molar-refractivity contribution is 5.96. The number of methoxy groups -OCH3 is 1. The van der Waals surface area contributed by atoms with Gasteiger partial charge in [0.15, 0.2) is 0 Å². The second-order valence-electron chi connectivity index (χ2n) is 6.94. The number of amides is 2. The third kappa shape index (κ3) is 6.06. The number of carbonyl (C=O) groups excluding carboxylic acids is 3. The molecule has 28 heavy (non-hydrogen) atoms. The van der Waals surface area contributed by atoms with Gasteiger partial charge in [0.25, 0.3) is 0 Å². The number of esters is 1. The van der Waals surface area contributed by atoms with Crippen LogP contribution in [0.2, 0.25) is 0 Å². The third-order valence-corrected chi connectivity index (χ3v) is 4.10. The molecule has 8 heteroatoms. The molecule has 0 radical (unpaired) electrons. The molecule has 1 aromatic carbocycles. The fraction of sp³-hybridized carbons (Fsp3) is 0.500. The van der Waals surface area contributed by atoms with E-state index in [0.29, 0.717) is 11.1 Å². The van der Waals surface area contributed by atoms with Crippen molar-refractivity contribution in [1.29, 1.82) is 5.26 Å². The molecule has 0 heterocycles. The monoisotopic (exact) mass is 389 g/mol. The molecule has 2 amide bonds. The smallest absolute Gasteiger partial charge is 0.417 e. The van der Waals surface area contributed by atoms with E-state index in [2.05, 4.69) is 0 Å². The topological polar surface area (TPSA) is 123 Å². The highest BCUT2D eigenvalue weighted by Gasteiger charge is 2.37. The maximum absolute atomic E-state index is 13.0. The fourth-order valence-electron chi connectivity index (χ4n) is 2.45. The first-order valence-electron chi connectivity index (χ1n) is 8.98. The second-order valence-corrected chi connectivity index (χ2v) is 6.94. The first kappa shape index (κ1) is 23.1. The van der Waals surface area contributed by atoms with E-state index in [1.165, 1.54) is 7.11 Å². The average Bonchev–Trinajstić information content (AvgIpc) is 2.65. The van der Waals surface area contributed by atoms with Crippen LogP contribution in [0.1, 0.15) is 51.3 Å². The van der Waals surface area contributed by atoms with Crippen LogP contribution in [0.15, 0.2) is 24.3 Å². The number of hydrogen-bond donors (Lipinski definition) is 1. The minimum absolute atomic E-state index is 0.235. The summed E-state index contributed by atoms with van der Waals surface area (Å²) < 4.78 is 9.97. The predicted molar refractivity (Wildman–Crippen MR) is 102 cm³/mol. The largest absolute Gasteiger partial charge is 0.469 e. The van der Waals surface area contributed by atoms with Crippen molar-refractivity contribution in [1.82, 2.24) is 4.90 Å². The average molecular weight is 389 g/mol. The summed E-state index contributed by atoms with van der Waals surface area (Å²) in [6.45, 7) is 6.82. The lowest BCUT2D eigenvalue weighted by atomic mass is 9.98. The maximum atomic E-state index is 13.0. The Morgan fingerprint density at radius 2 is 1.71 bits per heavy atom. The summed E-state index contributed by atoms with van der Waals surface area (Å²) in [5.41, 5.74) is 6.88. The van der Waals surface area contributed by atoms with Gasteiger partial charge in [0, 0.05) is 0 Å². The van der Waals surface area contributed by atoms with Crippen LogP contribution in [-0.4, -0.2) is 42.1 Å². The van der Waals surface area contributed by atoms with E-state index >= 15 is 0 Å². The van der Waals surface area contributed by atoms with Gasteiger partial charge >= 0.3 is 12.1 Å². The Hall–Kier alpha value is -2.92. The molecule has 2 N–H and O–H groups in total. The van der Waals surface area contributed by atoms with Crippen molar-refractivity contribution >= 4 is 18.0 Å². The van der Waals surface area contributed by atoms with Crippen LogP contribution >= 0.6 is 0 Å². The van der Waals surface area contributed by atoms with Gasteiger partial charge in [-0.1, -0.05) is 26.0 Å². The molecule has 0 bridgehead atoms. The molecule has 1 aromatic rings. The van der Waals surface area contributed by atoms with Crippen molar-refractivity contribution in [3.05, 3.63) is 35.4 Å². The molecule has 0 aliphatic rings. The van der Waals surface area contributed by atoms with Crippen molar-refractivity contribution in [2.75, 3.05) is 7.11 Å². The number of nitrogens with zero attached hydrogens (tertiary/aromatic N) is 2. The molecule has 0 saturated heterocycles. The van der Waals surface area contributed by atoms with E-state index in [1.807, 2.05) is 6.07 Å². The SMILES string of the molecule is COC(=O)CC(c1ccc(C#N)cc1)N(C(=O)OC(C)C)C(=O)[C@@H](N)C(C)C. The Bertz CT molecular complexity index is 737. The van der Waals surface area contributed by atoms with Gasteiger partial charge in [-0.25, -0.2) is 9.69 Å². The first-order valence-corrected chi connectivity index (χ1v) is 8.98. The van der Waals surface area contributed by atoms with E-state index < -0.39 is 36.2 Å². The van der Waals surface area contributed by atoms with Gasteiger partial charge in [0.1, 0.15) is 0 Å². The number of benzene rings is 1. The first-order chi connectivity index (χ1) is 13.1. The zero-order valence-electron chi connectivity index (χ0n) is 16.8. The normalized spacial score (nSPS) is 12.8. The molecule has 1 unspecified atom stereocenters. The molecule has 0 spiro atoms. The molecular weight excluding hydrogens is 362 g/mol. The summed E-state index contributed by atoms with van der Waals surface area (Å²) in [6.07, 6.45) is -1.64. The van der Waals surface area contributed by atoms with Gasteiger partial charge in [-0.3, -0.25) is 9.59 Å². The molecule has 0 saturated carbocycles. The van der Waals surface area contributed by atoms with Crippen molar-refractivity contribution in [2.45, 2.75) is 52.3 Å².